The van der Waals surface area contributed by atoms with E-state index >= 15 is 0 Å². The van der Waals surface area contributed by atoms with E-state index in [1.807, 2.05) is 24.9 Å². The Morgan fingerprint density at radius 2 is 2.53 bits per heavy atom. The van der Waals surface area contributed by atoms with Gasteiger partial charge in [0, 0.05) is 25.3 Å². The second-order valence-electron chi connectivity index (χ2n) is 4.98. The lowest BCUT2D eigenvalue weighted by Crippen LogP contribution is -2.49. The molecule has 1 atom stereocenters. The molecule has 19 heavy (non-hydrogen) atoms. The number of nitrogens with one attached hydrogen (secondary N) is 2. The van der Waals surface area contributed by atoms with Gasteiger partial charge in [-0.05, 0) is 32.3 Å². The minimum atomic E-state index is 0.0130. The molecule has 0 spiro atoms. The van der Waals surface area contributed by atoms with Crippen molar-refractivity contribution in [3.63, 3.8) is 0 Å². The number of nitrogens with zero attached hydrogens (tertiary/aromatic N) is 2. The Hall–Kier alpha value is -1.56. The van der Waals surface area contributed by atoms with Crippen LogP contribution in [0.3, 0.4) is 0 Å². The lowest BCUT2D eigenvalue weighted by atomic mass is 10.1. The van der Waals surface area contributed by atoms with Gasteiger partial charge in [0.2, 0.25) is 0 Å². The number of morpholine rings is 1. The predicted molar refractivity (Wildman–Crippen MR) is 72.0 cm³/mol. The minimum Gasteiger partial charge on any atom is -0.375 e. The summed E-state index contributed by atoms with van der Waals surface area (Å²) in [5.41, 5.74) is 2.32. The van der Waals surface area contributed by atoms with Crippen molar-refractivity contribution in [2.75, 3.05) is 26.2 Å². The van der Waals surface area contributed by atoms with Crippen LogP contribution in [0.2, 0.25) is 0 Å². The van der Waals surface area contributed by atoms with Crippen molar-refractivity contribution in [1.82, 2.24) is 20.4 Å². The van der Waals surface area contributed by atoms with Gasteiger partial charge in [0.1, 0.15) is 0 Å². The molecule has 1 fully saturated rings. The van der Waals surface area contributed by atoms with Crippen molar-refractivity contribution < 1.29 is 9.53 Å². The van der Waals surface area contributed by atoms with E-state index in [0.29, 0.717) is 26.2 Å². The van der Waals surface area contributed by atoms with Gasteiger partial charge < -0.3 is 15.0 Å². The standard InChI is InChI=1S/C13H22N4O2/c1-10-9-17(6-7-19-10)13(18)14-5-3-4-12-8-15-16-11(12)2/h8,10H,3-7,9H2,1-2H3,(H,14,18)(H,15,16)/t10-/m1/s1. The predicted octanol–water partition coefficient (Wildman–Crippen LogP) is 1.08. The second kappa shape index (κ2) is 6.56. The lowest BCUT2D eigenvalue weighted by molar-refractivity contribution is -0.00344. The van der Waals surface area contributed by atoms with E-state index in [1.165, 1.54) is 5.56 Å². The largest absolute Gasteiger partial charge is 0.375 e. The molecule has 0 aromatic carbocycles. The highest BCUT2D eigenvalue weighted by Crippen LogP contribution is 2.06. The van der Waals surface area contributed by atoms with E-state index in [4.69, 9.17) is 4.74 Å². The van der Waals surface area contributed by atoms with Gasteiger partial charge in [-0.15, -0.1) is 0 Å². The first kappa shape index (κ1) is 13.9. The number of ether oxygens (including phenoxy) is 1. The maximum atomic E-state index is 11.9. The maximum Gasteiger partial charge on any atom is 0.317 e. The third-order valence-corrected chi connectivity index (χ3v) is 3.36. The molecule has 1 aliphatic heterocycles. The average molecular weight is 266 g/mol. The van der Waals surface area contributed by atoms with Crippen molar-refractivity contribution >= 4 is 6.03 Å². The van der Waals surface area contributed by atoms with E-state index in [-0.39, 0.29) is 12.1 Å². The Bertz CT molecular complexity index is 419. The summed E-state index contributed by atoms with van der Waals surface area (Å²) in [4.78, 5) is 13.7. The smallest absolute Gasteiger partial charge is 0.317 e. The lowest BCUT2D eigenvalue weighted by Gasteiger charge is -2.31. The SMILES string of the molecule is Cc1[nH]ncc1CCCNC(=O)N1CCO[C@H](C)C1. The summed E-state index contributed by atoms with van der Waals surface area (Å²) in [6.45, 7) is 6.67. The molecule has 1 aromatic rings. The number of hydrogen-bond acceptors (Lipinski definition) is 3. The molecule has 0 unspecified atom stereocenters. The molecule has 0 bridgehead atoms. The number of carbonyl (C=O) groups excluding carboxylic acids is 1. The molecule has 2 N–H and O–H groups in total. The summed E-state index contributed by atoms with van der Waals surface area (Å²) < 4.78 is 5.41. The van der Waals surface area contributed by atoms with Crippen LogP contribution in [0.15, 0.2) is 6.20 Å². The van der Waals surface area contributed by atoms with Crippen LogP contribution in [0.5, 0.6) is 0 Å². The topological polar surface area (TPSA) is 70.2 Å². The molecular weight excluding hydrogens is 244 g/mol. The van der Waals surface area contributed by atoms with Gasteiger partial charge in [-0.25, -0.2) is 4.79 Å². The highest BCUT2D eigenvalue weighted by molar-refractivity contribution is 5.74. The molecular formula is C13H22N4O2. The monoisotopic (exact) mass is 266 g/mol. The summed E-state index contributed by atoms with van der Waals surface area (Å²) in [5.74, 6) is 0. The number of H-pyrrole nitrogens is 1. The quantitative estimate of drug-likeness (QED) is 0.801. The van der Waals surface area contributed by atoms with Crippen LogP contribution in [0, 0.1) is 6.92 Å². The molecule has 1 saturated heterocycles. The minimum absolute atomic E-state index is 0.0130. The van der Waals surface area contributed by atoms with Gasteiger partial charge in [0.15, 0.2) is 0 Å². The zero-order valence-corrected chi connectivity index (χ0v) is 11.6. The van der Waals surface area contributed by atoms with Gasteiger partial charge in [0.05, 0.1) is 18.9 Å². The number of aromatic amines is 1. The Morgan fingerprint density at radius 3 is 3.21 bits per heavy atom. The fourth-order valence-electron chi connectivity index (χ4n) is 2.22. The van der Waals surface area contributed by atoms with Gasteiger partial charge in [-0.1, -0.05) is 0 Å². The maximum absolute atomic E-state index is 11.9. The van der Waals surface area contributed by atoms with Crippen LogP contribution in [0.4, 0.5) is 4.79 Å². The molecule has 2 heterocycles. The van der Waals surface area contributed by atoms with Crippen LogP contribution >= 0.6 is 0 Å². The Labute approximate surface area is 113 Å². The van der Waals surface area contributed by atoms with Crippen LogP contribution < -0.4 is 5.32 Å². The van der Waals surface area contributed by atoms with Crippen LogP contribution in [-0.4, -0.2) is 53.5 Å². The fourth-order valence-corrected chi connectivity index (χ4v) is 2.22. The van der Waals surface area contributed by atoms with Crippen molar-refractivity contribution in [2.24, 2.45) is 0 Å². The van der Waals surface area contributed by atoms with E-state index in [2.05, 4.69) is 15.5 Å². The zero-order chi connectivity index (χ0) is 13.7. The summed E-state index contributed by atoms with van der Waals surface area (Å²) in [6.07, 6.45) is 3.84. The molecule has 2 rings (SSSR count). The molecule has 2 amide bonds. The number of carbonyl (C=O) groups is 1. The Morgan fingerprint density at radius 1 is 1.68 bits per heavy atom. The molecule has 0 aliphatic carbocycles. The molecule has 1 aromatic heterocycles. The first-order valence-electron chi connectivity index (χ1n) is 6.80. The molecule has 1 aliphatic rings. The first-order chi connectivity index (χ1) is 9.16. The summed E-state index contributed by atoms with van der Waals surface area (Å²) in [7, 11) is 0. The van der Waals surface area contributed by atoms with E-state index in [0.717, 1.165) is 18.5 Å². The van der Waals surface area contributed by atoms with E-state index < -0.39 is 0 Å². The summed E-state index contributed by atoms with van der Waals surface area (Å²) in [6, 6.07) is 0.0130. The molecule has 0 saturated carbocycles. The fraction of sp³-hybridized carbons (Fsp3) is 0.692. The van der Waals surface area contributed by atoms with Crippen LogP contribution in [-0.2, 0) is 11.2 Å². The van der Waals surface area contributed by atoms with Crippen molar-refractivity contribution in [3.8, 4) is 0 Å². The molecule has 6 nitrogen and oxygen atoms in total. The number of aromatic nitrogens is 2. The van der Waals surface area contributed by atoms with Crippen LogP contribution in [0.25, 0.3) is 0 Å². The Kier molecular flexibility index (Phi) is 4.79. The highest BCUT2D eigenvalue weighted by Gasteiger charge is 2.20. The number of rotatable bonds is 4. The molecule has 106 valence electrons. The number of aryl methyl sites for hydroxylation is 2. The van der Waals surface area contributed by atoms with Crippen molar-refractivity contribution in [1.29, 1.82) is 0 Å². The third-order valence-electron chi connectivity index (χ3n) is 3.36. The number of urea groups is 1. The van der Waals surface area contributed by atoms with Gasteiger partial charge >= 0.3 is 6.03 Å². The van der Waals surface area contributed by atoms with Crippen molar-refractivity contribution in [3.05, 3.63) is 17.5 Å². The average Bonchev–Trinajstić information content (AvgIpc) is 2.80. The highest BCUT2D eigenvalue weighted by atomic mass is 16.5. The normalized spacial score (nSPS) is 19.5. The molecule has 6 heteroatoms. The summed E-state index contributed by atoms with van der Waals surface area (Å²) >= 11 is 0. The molecule has 0 radical (unpaired) electrons. The Balaban J connectivity index is 1.65. The second-order valence-corrected chi connectivity index (χ2v) is 4.98. The van der Waals surface area contributed by atoms with E-state index in [9.17, 15) is 4.79 Å². The number of amides is 2. The number of hydrogen-bond donors (Lipinski definition) is 2. The van der Waals surface area contributed by atoms with E-state index in [1.54, 1.807) is 0 Å². The zero-order valence-electron chi connectivity index (χ0n) is 11.6. The summed E-state index contributed by atoms with van der Waals surface area (Å²) in [5, 5.41) is 9.85. The van der Waals surface area contributed by atoms with Gasteiger partial charge in [-0.3, -0.25) is 5.10 Å². The third kappa shape index (κ3) is 3.96. The van der Waals surface area contributed by atoms with Crippen molar-refractivity contribution in [2.45, 2.75) is 32.8 Å². The first-order valence-corrected chi connectivity index (χ1v) is 6.80. The van der Waals surface area contributed by atoms with Crippen LogP contribution in [0.1, 0.15) is 24.6 Å². The van der Waals surface area contributed by atoms with Gasteiger partial charge in [-0.2, -0.15) is 5.10 Å². The van der Waals surface area contributed by atoms with Gasteiger partial charge in [0.25, 0.3) is 0 Å².